The lowest BCUT2D eigenvalue weighted by atomic mass is 10.2. The van der Waals surface area contributed by atoms with Crippen molar-refractivity contribution in [3.8, 4) is 5.75 Å². The number of aromatic hydroxyl groups is 1. The van der Waals surface area contributed by atoms with E-state index in [9.17, 15) is 14.3 Å². The predicted octanol–water partition coefficient (Wildman–Crippen LogP) is 2.33. The van der Waals surface area contributed by atoms with Gasteiger partial charge in [-0.15, -0.1) is 0 Å². The summed E-state index contributed by atoms with van der Waals surface area (Å²) in [5, 5.41) is 12.1. The fourth-order valence-electron chi connectivity index (χ4n) is 1.10. The molecule has 0 saturated heterocycles. The van der Waals surface area contributed by atoms with Crippen molar-refractivity contribution >= 4 is 23.6 Å². The Morgan fingerprint density at radius 1 is 1.62 bits per heavy atom. The van der Waals surface area contributed by atoms with Gasteiger partial charge in [0.15, 0.2) is 11.6 Å². The fraction of sp³-hybridized carbons (Fsp3) is 0.182. The minimum atomic E-state index is -0.772. The quantitative estimate of drug-likeness (QED) is 0.856. The second-order valence-corrected chi connectivity index (χ2v) is 3.60. The maximum Gasteiger partial charge on any atom is 0.217 e. The fourth-order valence-corrected chi connectivity index (χ4v) is 1.31. The lowest BCUT2D eigenvalue weighted by molar-refractivity contribution is -0.118. The molecule has 0 bridgehead atoms. The van der Waals surface area contributed by atoms with Crippen molar-refractivity contribution in [2.45, 2.75) is 6.92 Å². The molecule has 1 rings (SSSR count). The van der Waals surface area contributed by atoms with Gasteiger partial charge in [0.25, 0.3) is 0 Å². The first kappa shape index (κ1) is 12.5. The first-order valence-corrected chi connectivity index (χ1v) is 4.97. The van der Waals surface area contributed by atoms with E-state index in [0.29, 0.717) is 6.54 Å². The van der Waals surface area contributed by atoms with E-state index in [2.05, 4.69) is 5.32 Å². The average molecular weight is 244 g/mol. The molecule has 5 heteroatoms. The molecule has 16 heavy (non-hydrogen) atoms. The van der Waals surface area contributed by atoms with Crippen molar-refractivity contribution in [1.29, 1.82) is 0 Å². The molecule has 0 unspecified atom stereocenters. The second kappa shape index (κ2) is 5.51. The molecule has 0 atom stereocenters. The van der Waals surface area contributed by atoms with Gasteiger partial charge >= 0.3 is 0 Å². The van der Waals surface area contributed by atoms with Gasteiger partial charge < -0.3 is 10.4 Å². The standard InChI is InChI=1S/C11H11ClFNO2/c1-7(15)14-4-2-3-8-5-9(12)6-10(13)11(8)16/h2-3,5-6,16H,4H2,1H3,(H,14,15). The normalized spacial score (nSPS) is 10.7. The second-order valence-electron chi connectivity index (χ2n) is 3.16. The first-order chi connectivity index (χ1) is 7.50. The Bertz CT molecular complexity index is 432. The summed E-state index contributed by atoms with van der Waals surface area (Å²) in [6.45, 7) is 1.70. The molecule has 0 spiro atoms. The predicted molar refractivity (Wildman–Crippen MR) is 60.8 cm³/mol. The summed E-state index contributed by atoms with van der Waals surface area (Å²) in [4.78, 5) is 10.6. The molecular formula is C11H11ClFNO2. The zero-order chi connectivity index (χ0) is 12.1. The summed E-state index contributed by atoms with van der Waals surface area (Å²) < 4.78 is 13.0. The molecule has 0 fully saturated rings. The smallest absolute Gasteiger partial charge is 0.217 e. The van der Waals surface area contributed by atoms with Crippen LogP contribution in [0.15, 0.2) is 18.2 Å². The summed E-state index contributed by atoms with van der Waals surface area (Å²) in [5.74, 6) is -1.39. The van der Waals surface area contributed by atoms with Crippen molar-refractivity contribution in [2.24, 2.45) is 0 Å². The highest BCUT2D eigenvalue weighted by molar-refractivity contribution is 6.30. The zero-order valence-corrected chi connectivity index (χ0v) is 9.38. The van der Waals surface area contributed by atoms with Gasteiger partial charge in [0, 0.05) is 24.1 Å². The third-order valence-electron chi connectivity index (χ3n) is 1.82. The molecule has 1 amide bonds. The van der Waals surface area contributed by atoms with Crippen LogP contribution >= 0.6 is 11.6 Å². The van der Waals surface area contributed by atoms with Crippen LogP contribution in [0.4, 0.5) is 4.39 Å². The van der Waals surface area contributed by atoms with Crippen LogP contribution in [0, 0.1) is 5.82 Å². The summed E-state index contributed by atoms with van der Waals surface area (Å²) in [5.41, 5.74) is 0.273. The molecule has 3 nitrogen and oxygen atoms in total. The monoisotopic (exact) mass is 243 g/mol. The van der Waals surface area contributed by atoms with E-state index >= 15 is 0 Å². The Balaban J connectivity index is 2.77. The maximum absolute atomic E-state index is 13.0. The molecule has 0 aliphatic rings. The van der Waals surface area contributed by atoms with Crippen LogP contribution in [0.2, 0.25) is 5.02 Å². The number of rotatable bonds is 3. The third kappa shape index (κ3) is 3.55. The maximum atomic E-state index is 13.0. The Morgan fingerprint density at radius 3 is 2.94 bits per heavy atom. The molecule has 0 aliphatic heterocycles. The Kier molecular flexibility index (Phi) is 4.31. The first-order valence-electron chi connectivity index (χ1n) is 4.59. The zero-order valence-electron chi connectivity index (χ0n) is 8.63. The Labute approximate surface area is 97.5 Å². The lowest BCUT2D eigenvalue weighted by Crippen LogP contribution is -2.19. The number of nitrogens with one attached hydrogen (secondary N) is 1. The summed E-state index contributed by atoms with van der Waals surface area (Å²) >= 11 is 5.63. The van der Waals surface area contributed by atoms with Gasteiger partial charge in [-0.25, -0.2) is 4.39 Å². The lowest BCUT2D eigenvalue weighted by Gasteiger charge is -2.01. The Morgan fingerprint density at radius 2 is 2.31 bits per heavy atom. The third-order valence-corrected chi connectivity index (χ3v) is 2.04. The number of hydrogen-bond acceptors (Lipinski definition) is 2. The van der Waals surface area contributed by atoms with Crippen molar-refractivity contribution < 1.29 is 14.3 Å². The van der Waals surface area contributed by atoms with Gasteiger partial charge in [-0.2, -0.15) is 0 Å². The largest absolute Gasteiger partial charge is 0.504 e. The average Bonchev–Trinajstić information content (AvgIpc) is 2.19. The highest BCUT2D eigenvalue weighted by atomic mass is 35.5. The Hall–Kier alpha value is -1.55. The van der Waals surface area contributed by atoms with E-state index < -0.39 is 11.6 Å². The SMILES string of the molecule is CC(=O)NCC=Cc1cc(Cl)cc(F)c1O. The van der Waals surface area contributed by atoms with Gasteiger partial charge in [-0.3, -0.25) is 4.79 Å². The van der Waals surface area contributed by atoms with Gasteiger partial charge in [-0.1, -0.05) is 23.8 Å². The van der Waals surface area contributed by atoms with Crippen LogP contribution in [0.3, 0.4) is 0 Å². The van der Waals surface area contributed by atoms with Crippen molar-refractivity contribution in [2.75, 3.05) is 6.54 Å². The van der Waals surface area contributed by atoms with E-state index in [0.717, 1.165) is 6.07 Å². The van der Waals surface area contributed by atoms with Crippen LogP contribution in [-0.4, -0.2) is 17.6 Å². The molecule has 86 valence electrons. The molecule has 0 saturated carbocycles. The number of benzene rings is 1. The van der Waals surface area contributed by atoms with Crippen molar-refractivity contribution in [3.63, 3.8) is 0 Å². The summed E-state index contributed by atoms with van der Waals surface area (Å²) in [6.07, 6.45) is 3.08. The van der Waals surface area contributed by atoms with E-state index in [-0.39, 0.29) is 16.5 Å². The topological polar surface area (TPSA) is 49.3 Å². The van der Waals surface area contributed by atoms with E-state index in [1.165, 1.54) is 19.1 Å². The van der Waals surface area contributed by atoms with Crippen LogP contribution in [-0.2, 0) is 4.79 Å². The van der Waals surface area contributed by atoms with Gasteiger partial charge in [0.05, 0.1) is 0 Å². The number of amides is 1. The van der Waals surface area contributed by atoms with Gasteiger partial charge in [-0.05, 0) is 12.1 Å². The van der Waals surface area contributed by atoms with Gasteiger partial charge in [0.1, 0.15) is 0 Å². The number of carbonyl (C=O) groups excluding carboxylic acids is 1. The van der Waals surface area contributed by atoms with Crippen LogP contribution in [0.5, 0.6) is 5.75 Å². The molecule has 0 aliphatic carbocycles. The van der Waals surface area contributed by atoms with Crippen LogP contribution in [0.1, 0.15) is 12.5 Å². The summed E-state index contributed by atoms with van der Waals surface area (Å²) in [6, 6.07) is 2.46. The number of phenolic OH excluding ortho intramolecular Hbond substituents is 1. The molecule has 1 aromatic carbocycles. The van der Waals surface area contributed by atoms with Gasteiger partial charge in [0.2, 0.25) is 5.91 Å². The highest BCUT2D eigenvalue weighted by Gasteiger charge is 2.06. The number of halogens is 2. The van der Waals surface area contributed by atoms with Crippen LogP contribution < -0.4 is 5.32 Å². The van der Waals surface area contributed by atoms with E-state index in [4.69, 9.17) is 11.6 Å². The number of hydrogen-bond donors (Lipinski definition) is 2. The minimum Gasteiger partial charge on any atom is -0.504 e. The van der Waals surface area contributed by atoms with E-state index in [1.54, 1.807) is 6.08 Å². The van der Waals surface area contributed by atoms with E-state index in [1.807, 2.05) is 0 Å². The van der Waals surface area contributed by atoms with Crippen molar-refractivity contribution in [3.05, 3.63) is 34.6 Å². The molecule has 0 radical (unpaired) electrons. The van der Waals surface area contributed by atoms with Crippen LogP contribution in [0.25, 0.3) is 6.08 Å². The molecule has 2 N–H and O–H groups in total. The number of phenols is 1. The van der Waals surface area contributed by atoms with Crippen molar-refractivity contribution in [1.82, 2.24) is 5.32 Å². The molecule has 0 aromatic heterocycles. The number of carbonyl (C=O) groups is 1. The summed E-state index contributed by atoms with van der Waals surface area (Å²) in [7, 11) is 0. The molecule has 0 heterocycles. The minimum absolute atomic E-state index is 0.161. The molecular weight excluding hydrogens is 233 g/mol. The highest BCUT2D eigenvalue weighted by Crippen LogP contribution is 2.26. The molecule has 1 aromatic rings.